The molecule has 0 fully saturated rings. The molecule has 3 aromatic rings. The van der Waals surface area contributed by atoms with Crippen molar-refractivity contribution in [2.24, 2.45) is 0 Å². The maximum atomic E-state index is 11.6. The van der Waals surface area contributed by atoms with Gasteiger partial charge < -0.3 is 19.7 Å². The first-order valence-electron chi connectivity index (χ1n) is 7.68. The zero-order valence-electron chi connectivity index (χ0n) is 14.6. The summed E-state index contributed by atoms with van der Waals surface area (Å²) in [6, 6.07) is 9.04. The monoisotopic (exact) mass is 374 g/mol. The van der Waals surface area contributed by atoms with E-state index in [2.05, 4.69) is 10.2 Å². The van der Waals surface area contributed by atoms with E-state index in [1.807, 2.05) is 24.3 Å². The largest absolute Gasteiger partial charge is 0.497 e. The molecule has 0 spiro atoms. The minimum Gasteiger partial charge on any atom is -0.497 e. The van der Waals surface area contributed by atoms with Gasteiger partial charge >= 0.3 is 5.97 Å². The molecular weight excluding hydrogens is 356 g/mol. The molecule has 0 amide bonds. The average Bonchev–Trinajstić information content (AvgIpc) is 3.22. The summed E-state index contributed by atoms with van der Waals surface area (Å²) in [6.07, 6.45) is 0. The quantitative estimate of drug-likeness (QED) is 0.399. The van der Waals surface area contributed by atoms with Crippen LogP contribution in [0.3, 0.4) is 0 Å². The number of aryl methyl sites for hydroxylation is 1. The molecule has 0 atom stereocenters. The topological polar surface area (TPSA) is 105 Å². The van der Waals surface area contributed by atoms with Crippen molar-refractivity contribution in [1.29, 1.82) is 0 Å². The summed E-state index contributed by atoms with van der Waals surface area (Å²) >= 11 is 1.36. The standard InChI is InChI=1S/C17H18N4O4S/c1-10-14(16(22)24-3)8-13(25-10)9-26-17-20-19-15(21(17)18)11-4-6-12(23-2)7-5-11/h4-8H,9,18H2,1-3H3. The number of nitrogens with two attached hydrogens (primary N) is 1. The lowest BCUT2D eigenvalue weighted by Crippen LogP contribution is -2.11. The van der Waals surface area contributed by atoms with Gasteiger partial charge in [-0.3, -0.25) is 0 Å². The minimum absolute atomic E-state index is 0.413. The zero-order chi connectivity index (χ0) is 18.7. The minimum atomic E-state index is -0.425. The lowest BCUT2D eigenvalue weighted by molar-refractivity contribution is 0.0599. The van der Waals surface area contributed by atoms with Crippen LogP contribution in [0.25, 0.3) is 11.4 Å². The van der Waals surface area contributed by atoms with Crippen molar-refractivity contribution in [3.63, 3.8) is 0 Å². The van der Waals surface area contributed by atoms with Crippen LogP contribution >= 0.6 is 11.8 Å². The number of carbonyl (C=O) groups is 1. The number of ether oxygens (including phenoxy) is 2. The number of aromatic nitrogens is 3. The van der Waals surface area contributed by atoms with Crippen molar-refractivity contribution in [3.05, 3.63) is 47.4 Å². The first-order chi connectivity index (χ1) is 12.5. The summed E-state index contributed by atoms with van der Waals surface area (Å²) in [7, 11) is 2.94. The van der Waals surface area contributed by atoms with Crippen LogP contribution in [0, 0.1) is 6.92 Å². The second kappa shape index (κ2) is 7.52. The van der Waals surface area contributed by atoms with E-state index in [0.717, 1.165) is 11.3 Å². The van der Waals surface area contributed by atoms with Crippen LogP contribution in [-0.2, 0) is 10.5 Å². The molecule has 9 heteroatoms. The summed E-state index contributed by atoms with van der Waals surface area (Å²) in [5, 5.41) is 8.79. The van der Waals surface area contributed by atoms with Crippen LogP contribution in [0.4, 0.5) is 0 Å². The number of esters is 1. The number of furan rings is 1. The number of methoxy groups -OCH3 is 2. The first kappa shape index (κ1) is 17.9. The lowest BCUT2D eigenvalue weighted by atomic mass is 10.2. The molecule has 3 rings (SSSR count). The molecule has 0 aliphatic rings. The fourth-order valence-corrected chi connectivity index (χ4v) is 3.11. The van der Waals surface area contributed by atoms with Gasteiger partial charge in [-0.1, -0.05) is 11.8 Å². The van der Waals surface area contributed by atoms with Crippen molar-refractivity contribution >= 4 is 17.7 Å². The van der Waals surface area contributed by atoms with Gasteiger partial charge in [0, 0.05) is 5.56 Å². The zero-order valence-corrected chi connectivity index (χ0v) is 15.4. The Morgan fingerprint density at radius 2 is 2.00 bits per heavy atom. The summed E-state index contributed by atoms with van der Waals surface area (Å²) < 4.78 is 16.9. The van der Waals surface area contributed by atoms with Gasteiger partial charge in [-0.15, -0.1) is 10.2 Å². The fraction of sp³-hybridized carbons (Fsp3) is 0.235. The lowest BCUT2D eigenvalue weighted by Gasteiger charge is -2.04. The second-order valence-electron chi connectivity index (χ2n) is 5.37. The van der Waals surface area contributed by atoms with Crippen LogP contribution in [0.1, 0.15) is 21.9 Å². The molecule has 26 heavy (non-hydrogen) atoms. The van der Waals surface area contributed by atoms with Gasteiger partial charge in [0.2, 0.25) is 5.16 Å². The Labute approximate surface area is 154 Å². The van der Waals surface area contributed by atoms with Crippen molar-refractivity contribution in [2.75, 3.05) is 20.1 Å². The van der Waals surface area contributed by atoms with E-state index in [1.165, 1.54) is 23.5 Å². The van der Waals surface area contributed by atoms with Crippen LogP contribution in [0.2, 0.25) is 0 Å². The Morgan fingerprint density at radius 3 is 2.65 bits per heavy atom. The number of carbonyl (C=O) groups excluding carboxylic acids is 1. The van der Waals surface area contributed by atoms with E-state index < -0.39 is 5.97 Å². The highest BCUT2D eigenvalue weighted by Gasteiger charge is 2.17. The predicted octanol–water partition coefficient (Wildman–Crippen LogP) is 2.65. The van der Waals surface area contributed by atoms with Crippen LogP contribution in [0.15, 0.2) is 39.9 Å². The molecule has 136 valence electrons. The third-order valence-electron chi connectivity index (χ3n) is 3.73. The molecule has 0 saturated heterocycles. The number of hydrogen-bond donors (Lipinski definition) is 1. The maximum Gasteiger partial charge on any atom is 0.341 e. The second-order valence-corrected chi connectivity index (χ2v) is 6.31. The molecular formula is C17H18N4O4S. The molecule has 0 saturated carbocycles. The van der Waals surface area contributed by atoms with Crippen molar-refractivity contribution in [3.8, 4) is 17.1 Å². The van der Waals surface area contributed by atoms with E-state index >= 15 is 0 Å². The van der Waals surface area contributed by atoms with E-state index in [9.17, 15) is 4.79 Å². The van der Waals surface area contributed by atoms with Gasteiger partial charge in [-0.2, -0.15) is 0 Å². The van der Waals surface area contributed by atoms with Crippen LogP contribution in [0.5, 0.6) is 5.75 Å². The van der Waals surface area contributed by atoms with Gasteiger partial charge in [-0.25, -0.2) is 9.47 Å². The number of benzene rings is 1. The summed E-state index contributed by atoms with van der Waals surface area (Å²) in [6.45, 7) is 1.72. The average molecular weight is 374 g/mol. The molecule has 2 heterocycles. The SMILES string of the molecule is COC(=O)c1cc(CSc2nnc(-c3ccc(OC)cc3)n2N)oc1C. The molecule has 1 aromatic carbocycles. The van der Waals surface area contributed by atoms with Gasteiger partial charge in [0.15, 0.2) is 5.82 Å². The van der Waals surface area contributed by atoms with E-state index in [0.29, 0.717) is 33.8 Å². The van der Waals surface area contributed by atoms with Crippen molar-refractivity contribution in [2.45, 2.75) is 17.8 Å². The van der Waals surface area contributed by atoms with Crippen LogP contribution in [-0.4, -0.2) is 35.1 Å². The van der Waals surface area contributed by atoms with Crippen molar-refractivity contribution < 1.29 is 18.7 Å². The normalized spacial score (nSPS) is 10.7. The fourth-order valence-electron chi connectivity index (χ4n) is 2.38. The highest BCUT2D eigenvalue weighted by atomic mass is 32.2. The summed E-state index contributed by atoms with van der Waals surface area (Å²) in [4.78, 5) is 11.6. The number of nitrogens with zero attached hydrogens (tertiary/aromatic N) is 3. The Morgan fingerprint density at radius 1 is 1.27 bits per heavy atom. The number of hydrogen-bond acceptors (Lipinski definition) is 8. The van der Waals surface area contributed by atoms with Crippen LogP contribution < -0.4 is 10.6 Å². The molecule has 0 radical (unpaired) electrons. The third-order valence-corrected chi connectivity index (χ3v) is 4.70. The Kier molecular flexibility index (Phi) is 5.17. The molecule has 0 aliphatic carbocycles. The van der Waals surface area contributed by atoms with Gasteiger partial charge in [0.1, 0.15) is 22.8 Å². The van der Waals surface area contributed by atoms with Crippen molar-refractivity contribution in [1.82, 2.24) is 14.9 Å². The summed E-state index contributed by atoms with van der Waals surface area (Å²) in [5.74, 6) is 8.57. The smallest absolute Gasteiger partial charge is 0.341 e. The number of thioether (sulfide) groups is 1. The number of rotatable bonds is 6. The molecule has 0 bridgehead atoms. The summed E-state index contributed by atoms with van der Waals surface area (Å²) in [5.41, 5.74) is 1.24. The maximum absolute atomic E-state index is 11.6. The highest BCUT2D eigenvalue weighted by molar-refractivity contribution is 7.98. The predicted molar refractivity (Wildman–Crippen MR) is 96.5 cm³/mol. The van der Waals surface area contributed by atoms with E-state index in [4.69, 9.17) is 19.7 Å². The molecule has 8 nitrogen and oxygen atoms in total. The Hall–Kier alpha value is -2.94. The van der Waals surface area contributed by atoms with Gasteiger partial charge in [0.25, 0.3) is 0 Å². The molecule has 2 aromatic heterocycles. The van der Waals surface area contributed by atoms with Gasteiger partial charge in [0.05, 0.1) is 20.0 Å². The van der Waals surface area contributed by atoms with Gasteiger partial charge in [-0.05, 0) is 37.3 Å². The Bertz CT molecular complexity index is 917. The van der Waals surface area contributed by atoms with E-state index in [1.54, 1.807) is 20.1 Å². The molecule has 0 unspecified atom stereocenters. The number of nitrogen functional groups attached to an aromatic ring is 1. The molecule has 2 N–H and O–H groups in total. The highest BCUT2D eigenvalue weighted by Crippen LogP contribution is 2.27. The first-order valence-corrected chi connectivity index (χ1v) is 8.67. The third kappa shape index (κ3) is 3.52. The Balaban J connectivity index is 1.73. The molecule has 0 aliphatic heterocycles. The van der Waals surface area contributed by atoms with E-state index in [-0.39, 0.29) is 0 Å².